The van der Waals surface area contributed by atoms with Gasteiger partial charge in [0.15, 0.2) is 0 Å². The van der Waals surface area contributed by atoms with Crippen LogP contribution in [-0.2, 0) is 25.5 Å². The van der Waals surface area contributed by atoms with Crippen molar-refractivity contribution in [1.82, 2.24) is 10.6 Å². The van der Waals surface area contributed by atoms with Crippen molar-refractivity contribution in [3.63, 3.8) is 0 Å². The van der Waals surface area contributed by atoms with Gasteiger partial charge in [-0.15, -0.1) is 6.58 Å². The standard InChI is InChI=1S/C22H32N2O4/c1-4-5-6-7-8-12-15-19(22(27)28-3)24-21(26)20(23-17(2)25)16-18-13-10-9-11-14-18/h4,9-11,13-14,19-20H,1,5-8,12,15-16H2,2-3H3,(H,23,25)(H,24,26)/t19-,20-/m0/s1. The molecule has 0 radical (unpaired) electrons. The van der Waals surface area contributed by atoms with E-state index in [2.05, 4.69) is 17.2 Å². The number of carbonyl (C=O) groups is 3. The SMILES string of the molecule is C=CCCCCCC[C@H](NC(=O)[C@H](Cc1ccccc1)NC(C)=O)C(=O)OC. The van der Waals surface area contributed by atoms with E-state index in [0.717, 1.165) is 37.7 Å². The van der Waals surface area contributed by atoms with E-state index in [1.54, 1.807) is 0 Å². The number of benzene rings is 1. The molecule has 0 bridgehead atoms. The van der Waals surface area contributed by atoms with Crippen LogP contribution in [0.4, 0.5) is 0 Å². The smallest absolute Gasteiger partial charge is 0.328 e. The van der Waals surface area contributed by atoms with Gasteiger partial charge in [-0.2, -0.15) is 0 Å². The Balaban J connectivity index is 2.68. The molecular formula is C22H32N2O4. The van der Waals surface area contributed by atoms with Gasteiger partial charge in [-0.3, -0.25) is 9.59 Å². The molecule has 6 heteroatoms. The highest BCUT2D eigenvalue weighted by Crippen LogP contribution is 2.10. The van der Waals surface area contributed by atoms with E-state index < -0.39 is 18.1 Å². The molecule has 1 aromatic carbocycles. The Morgan fingerprint density at radius 3 is 2.32 bits per heavy atom. The van der Waals surface area contributed by atoms with Crippen molar-refractivity contribution < 1.29 is 19.1 Å². The molecule has 0 saturated heterocycles. The number of carbonyl (C=O) groups excluding carboxylic acids is 3. The molecule has 6 nitrogen and oxygen atoms in total. The predicted molar refractivity (Wildman–Crippen MR) is 110 cm³/mol. The first-order chi connectivity index (χ1) is 13.5. The van der Waals surface area contributed by atoms with Crippen molar-refractivity contribution in [3.8, 4) is 0 Å². The Morgan fingerprint density at radius 1 is 1.04 bits per heavy atom. The fourth-order valence-electron chi connectivity index (χ4n) is 2.96. The summed E-state index contributed by atoms with van der Waals surface area (Å²) in [6, 6.07) is 7.96. The van der Waals surface area contributed by atoms with Gasteiger partial charge in [0.05, 0.1) is 7.11 Å². The topological polar surface area (TPSA) is 84.5 Å². The molecule has 0 aliphatic heterocycles. The van der Waals surface area contributed by atoms with E-state index in [0.29, 0.717) is 12.8 Å². The van der Waals surface area contributed by atoms with Crippen LogP contribution in [0, 0.1) is 0 Å². The number of rotatable bonds is 13. The molecule has 2 atom stereocenters. The quantitative estimate of drug-likeness (QED) is 0.309. The minimum Gasteiger partial charge on any atom is -0.467 e. The van der Waals surface area contributed by atoms with Crippen LogP contribution >= 0.6 is 0 Å². The third-order valence-electron chi connectivity index (χ3n) is 4.43. The highest BCUT2D eigenvalue weighted by atomic mass is 16.5. The minimum atomic E-state index is -0.750. The lowest BCUT2D eigenvalue weighted by molar-refractivity contribution is -0.145. The lowest BCUT2D eigenvalue weighted by Crippen LogP contribution is -2.52. The fraction of sp³-hybridized carbons (Fsp3) is 0.500. The molecule has 154 valence electrons. The Labute approximate surface area is 167 Å². The van der Waals surface area contributed by atoms with Crippen LogP contribution in [0.3, 0.4) is 0 Å². The van der Waals surface area contributed by atoms with Crippen molar-refractivity contribution in [3.05, 3.63) is 48.6 Å². The van der Waals surface area contributed by atoms with Crippen molar-refractivity contribution >= 4 is 17.8 Å². The highest BCUT2D eigenvalue weighted by Gasteiger charge is 2.26. The number of amides is 2. The van der Waals surface area contributed by atoms with Crippen LogP contribution in [0.1, 0.15) is 51.0 Å². The summed E-state index contributed by atoms with van der Waals surface area (Å²) in [6.07, 6.45) is 7.63. The van der Waals surface area contributed by atoms with Crippen LogP contribution in [0.15, 0.2) is 43.0 Å². The van der Waals surface area contributed by atoms with Gasteiger partial charge in [-0.1, -0.05) is 55.7 Å². The fourth-order valence-corrected chi connectivity index (χ4v) is 2.96. The average Bonchev–Trinajstić information content (AvgIpc) is 2.68. The molecule has 0 aliphatic rings. The molecule has 0 fully saturated rings. The molecule has 2 amide bonds. The summed E-state index contributed by atoms with van der Waals surface area (Å²) >= 11 is 0. The number of ether oxygens (including phenoxy) is 1. The van der Waals surface area contributed by atoms with Crippen molar-refractivity contribution in [2.75, 3.05) is 7.11 Å². The average molecular weight is 389 g/mol. The number of esters is 1. The van der Waals surface area contributed by atoms with E-state index in [-0.39, 0.29) is 11.8 Å². The predicted octanol–water partition coefficient (Wildman–Crippen LogP) is 2.92. The third-order valence-corrected chi connectivity index (χ3v) is 4.43. The summed E-state index contributed by atoms with van der Waals surface area (Å²) < 4.78 is 4.83. The Hall–Kier alpha value is -2.63. The summed E-state index contributed by atoms with van der Waals surface area (Å²) in [6.45, 7) is 5.07. The second-order valence-electron chi connectivity index (χ2n) is 6.81. The van der Waals surface area contributed by atoms with Gasteiger partial charge in [0, 0.05) is 13.3 Å². The van der Waals surface area contributed by atoms with Crippen LogP contribution in [0.25, 0.3) is 0 Å². The molecule has 0 unspecified atom stereocenters. The van der Waals surface area contributed by atoms with Crippen LogP contribution in [-0.4, -0.2) is 37.0 Å². The van der Waals surface area contributed by atoms with Gasteiger partial charge in [-0.25, -0.2) is 4.79 Å². The maximum Gasteiger partial charge on any atom is 0.328 e. The number of unbranched alkanes of at least 4 members (excludes halogenated alkanes) is 4. The second kappa shape index (κ2) is 13.5. The maximum atomic E-state index is 12.7. The van der Waals surface area contributed by atoms with E-state index in [4.69, 9.17) is 4.74 Å². The summed E-state index contributed by atoms with van der Waals surface area (Å²) in [5, 5.41) is 5.42. The molecule has 0 aliphatic carbocycles. The number of allylic oxidation sites excluding steroid dienone is 1. The zero-order chi connectivity index (χ0) is 20.8. The van der Waals surface area contributed by atoms with Gasteiger partial charge >= 0.3 is 5.97 Å². The van der Waals surface area contributed by atoms with Gasteiger partial charge in [0.25, 0.3) is 0 Å². The van der Waals surface area contributed by atoms with Crippen molar-refractivity contribution in [2.24, 2.45) is 0 Å². The molecule has 0 saturated carbocycles. The van der Waals surface area contributed by atoms with Crippen molar-refractivity contribution in [1.29, 1.82) is 0 Å². The largest absolute Gasteiger partial charge is 0.467 e. The van der Waals surface area contributed by atoms with Gasteiger partial charge in [0.1, 0.15) is 12.1 Å². The lowest BCUT2D eigenvalue weighted by atomic mass is 10.0. The van der Waals surface area contributed by atoms with E-state index in [9.17, 15) is 14.4 Å². The summed E-state index contributed by atoms with van der Waals surface area (Å²) in [4.78, 5) is 36.4. The van der Waals surface area contributed by atoms with E-state index in [1.165, 1.54) is 14.0 Å². The Kier molecular flexibility index (Phi) is 11.3. The molecule has 28 heavy (non-hydrogen) atoms. The van der Waals surface area contributed by atoms with Gasteiger partial charge in [-0.05, 0) is 24.8 Å². The minimum absolute atomic E-state index is 0.298. The molecular weight excluding hydrogens is 356 g/mol. The van der Waals surface area contributed by atoms with Gasteiger partial charge in [0.2, 0.25) is 11.8 Å². The highest BCUT2D eigenvalue weighted by molar-refractivity contribution is 5.90. The molecule has 0 heterocycles. The van der Waals surface area contributed by atoms with Crippen LogP contribution < -0.4 is 10.6 Å². The number of methoxy groups -OCH3 is 1. The third kappa shape index (κ3) is 9.35. The molecule has 0 aromatic heterocycles. The van der Waals surface area contributed by atoms with Gasteiger partial charge < -0.3 is 15.4 Å². The molecule has 1 rings (SSSR count). The van der Waals surface area contributed by atoms with Crippen LogP contribution in [0.5, 0.6) is 0 Å². The zero-order valence-corrected chi connectivity index (χ0v) is 16.9. The number of hydrogen-bond donors (Lipinski definition) is 2. The monoisotopic (exact) mass is 388 g/mol. The normalized spacial score (nSPS) is 12.5. The second-order valence-corrected chi connectivity index (χ2v) is 6.81. The van der Waals surface area contributed by atoms with E-state index in [1.807, 2.05) is 36.4 Å². The first-order valence-electron chi connectivity index (χ1n) is 9.78. The summed E-state index contributed by atoms with van der Waals surface area (Å²) in [5.41, 5.74) is 0.924. The Bertz CT molecular complexity index is 631. The number of nitrogens with one attached hydrogen (secondary N) is 2. The maximum absolute atomic E-state index is 12.7. The molecule has 0 spiro atoms. The van der Waals surface area contributed by atoms with Crippen LogP contribution in [0.2, 0.25) is 0 Å². The van der Waals surface area contributed by atoms with Crippen molar-refractivity contribution in [2.45, 2.75) is 64.0 Å². The zero-order valence-electron chi connectivity index (χ0n) is 16.9. The first kappa shape index (κ1) is 23.4. The molecule has 1 aromatic rings. The summed E-state index contributed by atoms with van der Waals surface area (Å²) in [5.74, 6) is -1.16. The number of hydrogen-bond acceptors (Lipinski definition) is 4. The molecule has 2 N–H and O–H groups in total. The first-order valence-corrected chi connectivity index (χ1v) is 9.78. The van der Waals surface area contributed by atoms with E-state index >= 15 is 0 Å². The Morgan fingerprint density at radius 2 is 1.71 bits per heavy atom. The lowest BCUT2D eigenvalue weighted by Gasteiger charge is -2.22. The summed E-state index contributed by atoms with van der Waals surface area (Å²) in [7, 11) is 1.31.